The highest BCUT2D eigenvalue weighted by molar-refractivity contribution is 6.38. The van der Waals surface area contributed by atoms with E-state index < -0.39 is 114 Å². The van der Waals surface area contributed by atoms with Crippen molar-refractivity contribution in [2.24, 2.45) is 5.41 Å². The Balaban J connectivity index is 1.36. The molecule has 2 aliphatic rings. The van der Waals surface area contributed by atoms with Crippen LogP contribution in [0.25, 0.3) is 10.8 Å². The van der Waals surface area contributed by atoms with Gasteiger partial charge in [0.25, 0.3) is 11.8 Å². The standard InChI is InChI=1S/C67H88N6O15/c1-12-13-28-51-62(79)69-50(39-46-24-20-23-45-22-14-15-27-49(45)46)63(80)72(9)53(41-87-66(2,3)4)61(78)68-40-57(74)70(7)35-18-17-30-59(76)86-43-67(5,6)60(77)64(81)73-36-19-16-29-52(73)65(82)88-54(33-31-44-32-34-55(83-10)56(37-44)84-11)47-25-21-26-48(38-47)85-42-58(75)71(51)8/h14-15,17,20-27,30,32,34,37-38,50-54H,12-13,16,18-19,28-29,31,33,35-36,39-43H2,1-11H3,(H,68,78)(H,69,79)/b30-17-/t50?,51?,52?,53?,54-/m1/s1. The molecule has 0 aromatic heterocycles. The molecule has 21 heteroatoms. The van der Waals surface area contributed by atoms with Crippen LogP contribution in [-0.2, 0) is 70.2 Å². The molecular weight excluding hydrogens is 1130 g/mol. The number of hydrogen-bond acceptors (Lipinski definition) is 15. The average molecular weight is 1220 g/mol. The van der Waals surface area contributed by atoms with Gasteiger partial charge in [-0.05, 0) is 131 Å². The maximum absolute atomic E-state index is 15.1. The Hall–Kier alpha value is -8.33. The molecule has 21 nitrogen and oxygen atoms in total. The van der Waals surface area contributed by atoms with Crippen LogP contribution in [0.4, 0.5) is 0 Å². The van der Waals surface area contributed by atoms with Crippen LogP contribution in [0.3, 0.4) is 0 Å². The van der Waals surface area contributed by atoms with Crippen LogP contribution in [0.15, 0.2) is 97.1 Å². The lowest BCUT2D eigenvalue weighted by Crippen LogP contribution is -2.59. The van der Waals surface area contributed by atoms with Crippen molar-refractivity contribution in [2.75, 3.05) is 74.8 Å². The predicted molar refractivity (Wildman–Crippen MR) is 330 cm³/mol. The Labute approximate surface area is 516 Å². The summed E-state index contributed by atoms with van der Waals surface area (Å²) in [6.45, 7) is 8.81. The van der Waals surface area contributed by atoms with E-state index >= 15 is 4.79 Å². The summed E-state index contributed by atoms with van der Waals surface area (Å²) < 4.78 is 35.1. The van der Waals surface area contributed by atoms with Crippen molar-refractivity contribution in [2.45, 2.75) is 142 Å². The topological polar surface area (TPSA) is 246 Å². The van der Waals surface area contributed by atoms with Gasteiger partial charge in [-0.3, -0.25) is 33.6 Å². The number of nitrogens with one attached hydrogen (secondary N) is 2. The molecule has 5 atom stereocenters. The highest BCUT2D eigenvalue weighted by Crippen LogP contribution is 2.33. The fourth-order valence-corrected chi connectivity index (χ4v) is 10.4. The fraction of sp³-hybridized carbons (Fsp3) is 0.507. The molecule has 6 rings (SSSR count). The second kappa shape index (κ2) is 32.1. The van der Waals surface area contributed by atoms with E-state index in [1.54, 1.807) is 51.1 Å². The number of carbonyl (C=O) groups excluding carboxylic acids is 9. The number of methoxy groups -OCH3 is 2. The number of aryl methyl sites for hydroxylation is 1. The number of likely N-dealkylation sites (N-methyl/N-ethyl adjacent to an activating group) is 3. The molecule has 2 heterocycles. The minimum absolute atomic E-state index is 0.00289. The summed E-state index contributed by atoms with van der Waals surface area (Å²) in [6, 6.07) is 20.7. The first kappa shape index (κ1) is 68.8. The Morgan fingerprint density at radius 2 is 1.48 bits per heavy atom. The van der Waals surface area contributed by atoms with Crippen LogP contribution in [0.1, 0.15) is 116 Å². The van der Waals surface area contributed by atoms with Crippen molar-refractivity contribution in [3.8, 4) is 17.2 Å². The number of ether oxygens (including phenoxy) is 6. The Bertz CT molecular complexity index is 3150. The summed E-state index contributed by atoms with van der Waals surface area (Å²) in [5.41, 5.74) is -0.180. The smallest absolute Gasteiger partial charge is 0.330 e. The number of carbonyl (C=O) groups is 9. The maximum Gasteiger partial charge on any atom is 0.330 e. The lowest BCUT2D eigenvalue weighted by molar-refractivity contribution is -0.165. The maximum atomic E-state index is 15.1. The van der Waals surface area contributed by atoms with Crippen LogP contribution >= 0.6 is 0 Å². The van der Waals surface area contributed by atoms with Gasteiger partial charge in [-0.2, -0.15) is 0 Å². The first-order valence-corrected chi connectivity index (χ1v) is 30.1. The highest BCUT2D eigenvalue weighted by Gasteiger charge is 2.43. The number of esters is 2. The summed E-state index contributed by atoms with van der Waals surface area (Å²) in [7, 11) is 7.51. The van der Waals surface area contributed by atoms with E-state index in [1.807, 2.05) is 61.5 Å². The van der Waals surface area contributed by atoms with Crippen molar-refractivity contribution < 1.29 is 71.6 Å². The number of fused-ring (bicyclic) bond motifs is 4. The number of hydrogen-bond donors (Lipinski definition) is 2. The first-order chi connectivity index (χ1) is 41.9. The molecule has 4 aromatic carbocycles. The van der Waals surface area contributed by atoms with Crippen LogP contribution in [0.5, 0.6) is 17.2 Å². The molecular formula is C67H88N6O15. The molecule has 0 aliphatic carbocycles. The van der Waals surface area contributed by atoms with Gasteiger partial charge in [0.05, 0.1) is 38.4 Å². The third kappa shape index (κ3) is 19.1. The van der Waals surface area contributed by atoms with Crippen LogP contribution in [-0.4, -0.2) is 177 Å². The average Bonchev–Trinajstić information content (AvgIpc) is 1.80. The number of amides is 6. The molecule has 2 aliphatic heterocycles. The van der Waals surface area contributed by atoms with E-state index in [-0.39, 0.29) is 57.6 Å². The zero-order valence-corrected chi connectivity index (χ0v) is 52.9. The summed E-state index contributed by atoms with van der Waals surface area (Å²) in [4.78, 5) is 133. The summed E-state index contributed by atoms with van der Waals surface area (Å²) in [5.74, 6) is -5.04. The van der Waals surface area contributed by atoms with Gasteiger partial charge in [-0.1, -0.05) is 86.5 Å². The Morgan fingerprint density at radius 3 is 2.20 bits per heavy atom. The van der Waals surface area contributed by atoms with Gasteiger partial charge in [-0.15, -0.1) is 0 Å². The number of ketones is 1. The summed E-state index contributed by atoms with van der Waals surface area (Å²) in [6.07, 6.45) is 5.27. The van der Waals surface area contributed by atoms with E-state index in [4.69, 9.17) is 28.4 Å². The van der Waals surface area contributed by atoms with Gasteiger partial charge in [0.1, 0.15) is 42.6 Å². The zero-order valence-electron chi connectivity index (χ0n) is 52.9. The number of Topliss-reactive ketones (excluding diaryl/α,β-unsaturated/α-hetero) is 1. The van der Waals surface area contributed by atoms with Crippen molar-refractivity contribution in [1.29, 1.82) is 0 Å². The van der Waals surface area contributed by atoms with Gasteiger partial charge in [-0.25, -0.2) is 9.59 Å². The number of cyclic esters (lactones) is 2. The van der Waals surface area contributed by atoms with Gasteiger partial charge in [0, 0.05) is 46.7 Å². The van der Waals surface area contributed by atoms with E-state index in [9.17, 15) is 38.4 Å². The predicted octanol–water partition coefficient (Wildman–Crippen LogP) is 6.89. The lowest BCUT2D eigenvalue weighted by atomic mass is 9.87. The van der Waals surface area contributed by atoms with E-state index in [0.717, 1.165) is 28.0 Å². The molecule has 2 bridgehead atoms. The minimum atomic E-state index is -1.50. The van der Waals surface area contributed by atoms with Gasteiger partial charge < -0.3 is 58.7 Å². The number of piperidine rings is 1. The Morgan fingerprint density at radius 1 is 0.750 bits per heavy atom. The second-order valence-corrected chi connectivity index (χ2v) is 24.0. The molecule has 4 unspecified atom stereocenters. The quantitative estimate of drug-likeness (QED) is 0.108. The van der Waals surface area contributed by atoms with Crippen molar-refractivity contribution in [3.63, 3.8) is 0 Å². The molecule has 4 aromatic rings. The minimum Gasteiger partial charge on any atom is -0.493 e. The zero-order chi connectivity index (χ0) is 64.3. The van der Waals surface area contributed by atoms with Gasteiger partial charge in [0.2, 0.25) is 29.4 Å². The van der Waals surface area contributed by atoms with Gasteiger partial charge >= 0.3 is 11.9 Å². The van der Waals surface area contributed by atoms with Crippen molar-refractivity contribution in [1.82, 2.24) is 30.2 Å². The van der Waals surface area contributed by atoms with E-state index in [2.05, 4.69) is 10.6 Å². The second-order valence-electron chi connectivity index (χ2n) is 24.0. The Kier molecular flexibility index (Phi) is 25.1. The molecule has 0 spiro atoms. The fourth-order valence-electron chi connectivity index (χ4n) is 10.4. The van der Waals surface area contributed by atoms with E-state index in [0.29, 0.717) is 49.2 Å². The number of nitrogens with zero attached hydrogens (tertiary/aromatic N) is 4. The molecule has 0 radical (unpaired) electrons. The molecule has 1 fully saturated rings. The lowest BCUT2D eigenvalue weighted by Gasteiger charge is -2.36. The first-order valence-electron chi connectivity index (χ1n) is 30.1. The van der Waals surface area contributed by atoms with Crippen molar-refractivity contribution in [3.05, 3.63) is 114 Å². The summed E-state index contributed by atoms with van der Waals surface area (Å²) in [5, 5.41) is 7.40. The monoisotopic (exact) mass is 1220 g/mol. The molecule has 1 saturated heterocycles. The molecule has 0 saturated carbocycles. The number of benzene rings is 4. The highest BCUT2D eigenvalue weighted by atomic mass is 16.5. The molecule has 6 amide bonds. The van der Waals surface area contributed by atoms with E-state index in [1.165, 1.54) is 74.9 Å². The summed E-state index contributed by atoms with van der Waals surface area (Å²) >= 11 is 0. The van der Waals surface area contributed by atoms with Gasteiger partial charge in [0.15, 0.2) is 18.1 Å². The third-order valence-corrected chi connectivity index (χ3v) is 15.8. The molecule has 2 N–H and O–H groups in total. The number of rotatable bonds is 12. The molecule has 88 heavy (non-hydrogen) atoms. The molecule has 476 valence electrons. The SMILES string of the molecule is CCCCC1C(=O)NC(Cc2cccc3ccccc23)C(=O)N(C)C(COC(C)(C)C)C(=O)NCC(=O)N(C)CC/C=C\C(=O)OCC(C)(C)C(=O)C(=O)N2CCCCC2C(=O)O[C@H](CCc2ccc(OC)c(OC)c2)c2cccc(c2)OCC(=O)N1C. The third-order valence-electron chi connectivity index (χ3n) is 15.8. The normalized spacial score (nSPS) is 21.9. The van der Waals surface area contributed by atoms with Crippen LogP contribution in [0, 0.1) is 5.41 Å². The van der Waals surface area contributed by atoms with Crippen LogP contribution in [0.2, 0.25) is 0 Å². The van der Waals surface area contributed by atoms with Crippen LogP contribution < -0.4 is 24.8 Å². The van der Waals surface area contributed by atoms with Crippen molar-refractivity contribution >= 4 is 63.9 Å². The largest absolute Gasteiger partial charge is 0.493 e. The number of unbranched alkanes of at least 4 members (excludes halogenated alkanes) is 1.